The van der Waals surface area contributed by atoms with Crippen molar-refractivity contribution in [3.05, 3.63) is 24.3 Å². The normalized spacial score (nSPS) is 15.0. The molecule has 0 aromatic heterocycles. The lowest BCUT2D eigenvalue weighted by Gasteiger charge is -2.16. The van der Waals surface area contributed by atoms with Crippen molar-refractivity contribution in [2.75, 3.05) is 30.8 Å². The summed E-state index contributed by atoms with van der Waals surface area (Å²) in [6.45, 7) is 4.94. The molecule has 0 spiro atoms. The Morgan fingerprint density at radius 2 is 2.04 bits per heavy atom. The predicted octanol–water partition coefficient (Wildman–Crippen LogP) is 2.51. The molecule has 1 aliphatic heterocycles. The number of ether oxygens (including phenoxy) is 2. The number of carbonyl (C=O) groups is 3. The quantitative estimate of drug-likeness (QED) is 0.712. The van der Waals surface area contributed by atoms with Crippen LogP contribution in [0.3, 0.4) is 0 Å². The standard InChI is InChI=1S/C17H22N2O5S/c1-3-23-14-6-4-13(5-7-14)18-16(21)12(2)24-15(20)8-9-19-10-11-25-17(19)22/h4-7,12H,3,8-11H2,1-2H3,(H,18,21). The molecule has 1 unspecified atom stereocenters. The third-order valence-corrected chi connectivity index (χ3v) is 4.43. The Morgan fingerprint density at radius 3 is 2.64 bits per heavy atom. The average molecular weight is 366 g/mol. The highest BCUT2D eigenvalue weighted by atomic mass is 32.2. The molecule has 1 aliphatic rings. The molecule has 0 bridgehead atoms. The average Bonchev–Trinajstić information content (AvgIpc) is 3.00. The number of rotatable bonds is 8. The predicted molar refractivity (Wildman–Crippen MR) is 95.8 cm³/mol. The first-order valence-electron chi connectivity index (χ1n) is 8.14. The second kappa shape index (κ2) is 9.31. The molecular formula is C17H22N2O5S. The maximum atomic E-state index is 12.1. The zero-order valence-electron chi connectivity index (χ0n) is 14.3. The molecule has 1 heterocycles. The lowest BCUT2D eigenvalue weighted by atomic mass is 10.3. The van der Waals surface area contributed by atoms with Gasteiger partial charge in [0.05, 0.1) is 13.0 Å². The van der Waals surface area contributed by atoms with Gasteiger partial charge in [0.2, 0.25) is 0 Å². The molecule has 2 rings (SSSR count). The Bertz CT molecular complexity index is 620. The van der Waals surface area contributed by atoms with Gasteiger partial charge in [0.25, 0.3) is 11.1 Å². The summed E-state index contributed by atoms with van der Waals surface area (Å²) in [5.41, 5.74) is 0.594. The van der Waals surface area contributed by atoms with Gasteiger partial charge in [0.15, 0.2) is 6.10 Å². The van der Waals surface area contributed by atoms with E-state index in [1.807, 2.05) is 6.92 Å². The summed E-state index contributed by atoms with van der Waals surface area (Å²) in [6, 6.07) is 6.93. The van der Waals surface area contributed by atoms with Crippen LogP contribution < -0.4 is 10.1 Å². The van der Waals surface area contributed by atoms with E-state index in [-0.39, 0.29) is 11.7 Å². The van der Waals surface area contributed by atoms with Crippen LogP contribution in [-0.4, -0.2) is 53.6 Å². The molecule has 1 fully saturated rings. The van der Waals surface area contributed by atoms with Crippen LogP contribution in [0.2, 0.25) is 0 Å². The molecule has 7 nitrogen and oxygen atoms in total. The van der Waals surface area contributed by atoms with Crippen LogP contribution >= 0.6 is 11.8 Å². The van der Waals surface area contributed by atoms with E-state index < -0.39 is 18.0 Å². The molecule has 136 valence electrons. The lowest BCUT2D eigenvalue weighted by molar-refractivity contribution is -0.153. The highest BCUT2D eigenvalue weighted by Gasteiger charge is 2.23. The number of nitrogens with one attached hydrogen (secondary N) is 1. The van der Waals surface area contributed by atoms with Crippen molar-refractivity contribution >= 4 is 34.6 Å². The highest BCUT2D eigenvalue weighted by molar-refractivity contribution is 8.13. The molecule has 1 saturated heterocycles. The Hall–Kier alpha value is -2.22. The largest absolute Gasteiger partial charge is 0.494 e. The summed E-state index contributed by atoms with van der Waals surface area (Å²) in [7, 11) is 0. The molecule has 0 aliphatic carbocycles. The summed E-state index contributed by atoms with van der Waals surface area (Å²) in [5.74, 6) is 0.549. The summed E-state index contributed by atoms with van der Waals surface area (Å²) >= 11 is 1.24. The molecule has 1 atom stereocenters. The van der Waals surface area contributed by atoms with Gasteiger partial charge in [0, 0.05) is 24.5 Å². The van der Waals surface area contributed by atoms with Crippen molar-refractivity contribution in [3.8, 4) is 5.75 Å². The summed E-state index contributed by atoms with van der Waals surface area (Å²) in [4.78, 5) is 37.0. The number of esters is 1. The number of benzene rings is 1. The van der Waals surface area contributed by atoms with E-state index in [1.165, 1.54) is 18.7 Å². The topological polar surface area (TPSA) is 84.9 Å². The van der Waals surface area contributed by atoms with Crippen LogP contribution in [0, 0.1) is 0 Å². The minimum atomic E-state index is -0.914. The van der Waals surface area contributed by atoms with Crippen molar-refractivity contribution < 1.29 is 23.9 Å². The number of anilines is 1. The molecule has 0 radical (unpaired) electrons. The number of hydrogen-bond acceptors (Lipinski definition) is 6. The molecule has 1 aromatic rings. The first-order valence-corrected chi connectivity index (χ1v) is 9.13. The van der Waals surface area contributed by atoms with E-state index in [1.54, 1.807) is 29.2 Å². The zero-order valence-corrected chi connectivity index (χ0v) is 15.1. The molecular weight excluding hydrogens is 344 g/mol. The number of hydrogen-bond donors (Lipinski definition) is 1. The third-order valence-electron chi connectivity index (χ3n) is 3.54. The van der Waals surface area contributed by atoms with Crippen molar-refractivity contribution in [1.82, 2.24) is 4.90 Å². The fraction of sp³-hybridized carbons (Fsp3) is 0.471. The van der Waals surface area contributed by atoms with Gasteiger partial charge in [-0.25, -0.2) is 0 Å². The Balaban J connectivity index is 1.75. The van der Waals surface area contributed by atoms with Crippen LogP contribution in [0.25, 0.3) is 0 Å². The number of amides is 2. The van der Waals surface area contributed by atoms with E-state index in [4.69, 9.17) is 9.47 Å². The van der Waals surface area contributed by atoms with E-state index in [0.29, 0.717) is 25.4 Å². The van der Waals surface area contributed by atoms with Crippen LogP contribution in [0.1, 0.15) is 20.3 Å². The third kappa shape index (κ3) is 5.97. The van der Waals surface area contributed by atoms with Gasteiger partial charge >= 0.3 is 5.97 Å². The summed E-state index contributed by atoms with van der Waals surface area (Å²) in [5, 5.41) is 2.66. The Kier molecular flexibility index (Phi) is 7.12. The molecule has 2 amide bonds. The number of nitrogens with zero attached hydrogens (tertiary/aromatic N) is 1. The fourth-order valence-electron chi connectivity index (χ4n) is 2.21. The minimum Gasteiger partial charge on any atom is -0.494 e. The molecule has 8 heteroatoms. The highest BCUT2D eigenvalue weighted by Crippen LogP contribution is 2.18. The minimum absolute atomic E-state index is 0.0194. The second-order valence-corrected chi connectivity index (χ2v) is 6.48. The fourth-order valence-corrected chi connectivity index (χ4v) is 3.06. The van der Waals surface area contributed by atoms with Gasteiger partial charge in [-0.1, -0.05) is 11.8 Å². The SMILES string of the molecule is CCOc1ccc(NC(=O)C(C)OC(=O)CCN2CCSC2=O)cc1. The van der Waals surface area contributed by atoms with Crippen LogP contribution in [0.4, 0.5) is 10.5 Å². The van der Waals surface area contributed by atoms with Crippen LogP contribution in [-0.2, 0) is 14.3 Å². The zero-order chi connectivity index (χ0) is 18.2. The van der Waals surface area contributed by atoms with E-state index >= 15 is 0 Å². The number of thioether (sulfide) groups is 1. The van der Waals surface area contributed by atoms with Crippen molar-refractivity contribution in [2.24, 2.45) is 0 Å². The monoisotopic (exact) mass is 366 g/mol. The summed E-state index contributed by atoms with van der Waals surface area (Å²) < 4.78 is 10.5. The maximum Gasteiger partial charge on any atom is 0.308 e. The molecule has 0 saturated carbocycles. The Morgan fingerprint density at radius 1 is 1.32 bits per heavy atom. The van der Waals surface area contributed by atoms with Gasteiger partial charge < -0.3 is 19.7 Å². The van der Waals surface area contributed by atoms with E-state index in [2.05, 4.69) is 5.32 Å². The Labute approximate surface area is 151 Å². The van der Waals surface area contributed by atoms with Gasteiger partial charge in [-0.3, -0.25) is 14.4 Å². The van der Waals surface area contributed by atoms with Crippen LogP contribution in [0.5, 0.6) is 5.75 Å². The van der Waals surface area contributed by atoms with Gasteiger partial charge in [-0.2, -0.15) is 0 Å². The van der Waals surface area contributed by atoms with Crippen molar-refractivity contribution in [1.29, 1.82) is 0 Å². The molecule has 1 aromatic carbocycles. The van der Waals surface area contributed by atoms with Gasteiger partial charge in [-0.15, -0.1) is 0 Å². The van der Waals surface area contributed by atoms with E-state index in [0.717, 1.165) is 11.5 Å². The molecule has 25 heavy (non-hydrogen) atoms. The van der Waals surface area contributed by atoms with Crippen molar-refractivity contribution in [2.45, 2.75) is 26.4 Å². The number of carbonyl (C=O) groups excluding carboxylic acids is 3. The lowest BCUT2D eigenvalue weighted by Crippen LogP contribution is -2.32. The molecule has 1 N–H and O–H groups in total. The summed E-state index contributed by atoms with van der Waals surface area (Å²) in [6.07, 6.45) is -0.838. The smallest absolute Gasteiger partial charge is 0.308 e. The van der Waals surface area contributed by atoms with Gasteiger partial charge in [-0.05, 0) is 38.1 Å². The maximum absolute atomic E-state index is 12.1. The first-order chi connectivity index (χ1) is 12.0. The van der Waals surface area contributed by atoms with Crippen LogP contribution in [0.15, 0.2) is 24.3 Å². The van der Waals surface area contributed by atoms with E-state index in [9.17, 15) is 14.4 Å². The van der Waals surface area contributed by atoms with Gasteiger partial charge in [0.1, 0.15) is 5.75 Å². The second-order valence-electron chi connectivity index (χ2n) is 5.43. The first kappa shape index (κ1) is 19.1. The van der Waals surface area contributed by atoms with Crippen molar-refractivity contribution in [3.63, 3.8) is 0 Å².